The summed E-state index contributed by atoms with van der Waals surface area (Å²) in [4.78, 5) is 14.8. The van der Waals surface area contributed by atoms with E-state index in [1.54, 1.807) is 37.1 Å². The average molecular weight is 333 g/mol. The molecule has 2 aromatic rings. The number of fused-ring (bicyclic) bond motifs is 1. The number of ether oxygens (including phenoxy) is 2. The van der Waals surface area contributed by atoms with Gasteiger partial charge in [0.1, 0.15) is 11.6 Å². The molecule has 2 fully saturated rings. The molecule has 4 rings (SSSR count). The molecule has 2 aliphatic rings. The molecule has 2 saturated heterocycles. The Bertz CT molecular complexity index is 672. The SMILES string of the molecule is Clc1cncc(OC[C@@H]2CO[C@@H]3CN(c4cnccn4)C[C@H]23)c1. The van der Waals surface area contributed by atoms with Crippen molar-refractivity contribution in [1.29, 1.82) is 0 Å². The van der Waals surface area contributed by atoms with Gasteiger partial charge in [-0.25, -0.2) is 4.98 Å². The number of aromatic nitrogens is 3. The lowest BCUT2D eigenvalue weighted by Crippen LogP contribution is -2.27. The molecule has 0 spiro atoms. The lowest BCUT2D eigenvalue weighted by atomic mass is 9.94. The molecular weight excluding hydrogens is 316 g/mol. The van der Waals surface area contributed by atoms with Crippen LogP contribution in [0.1, 0.15) is 0 Å². The van der Waals surface area contributed by atoms with Crippen molar-refractivity contribution < 1.29 is 9.47 Å². The minimum absolute atomic E-state index is 0.239. The van der Waals surface area contributed by atoms with Crippen LogP contribution in [-0.4, -0.2) is 47.4 Å². The third-order valence-corrected chi connectivity index (χ3v) is 4.66. The highest BCUT2D eigenvalue weighted by atomic mass is 35.5. The van der Waals surface area contributed by atoms with E-state index in [1.807, 2.05) is 0 Å². The maximum Gasteiger partial charge on any atom is 0.147 e. The number of nitrogens with zero attached hydrogens (tertiary/aromatic N) is 4. The highest BCUT2D eigenvalue weighted by Crippen LogP contribution is 2.35. The summed E-state index contributed by atoms with van der Waals surface area (Å²) in [5.41, 5.74) is 0. The molecule has 6 nitrogen and oxygen atoms in total. The quantitative estimate of drug-likeness (QED) is 0.854. The summed E-state index contributed by atoms with van der Waals surface area (Å²) in [6.45, 7) is 3.12. The molecule has 0 saturated carbocycles. The molecule has 7 heteroatoms. The van der Waals surface area contributed by atoms with Crippen LogP contribution in [0.2, 0.25) is 5.02 Å². The second-order valence-corrected chi connectivity index (χ2v) is 6.35. The third kappa shape index (κ3) is 3.09. The fourth-order valence-electron chi connectivity index (χ4n) is 3.29. The molecule has 4 heterocycles. The van der Waals surface area contributed by atoms with Crippen molar-refractivity contribution >= 4 is 17.4 Å². The van der Waals surface area contributed by atoms with Crippen LogP contribution in [0.15, 0.2) is 37.1 Å². The monoisotopic (exact) mass is 332 g/mol. The van der Waals surface area contributed by atoms with Gasteiger partial charge in [-0.3, -0.25) is 9.97 Å². The molecular formula is C16H17ClN4O2. The fraction of sp³-hybridized carbons (Fsp3) is 0.438. The number of hydrogen-bond acceptors (Lipinski definition) is 6. The van der Waals surface area contributed by atoms with Crippen molar-refractivity contribution in [3.63, 3.8) is 0 Å². The van der Waals surface area contributed by atoms with Gasteiger partial charge in [-0.1, -0.05) is 11.6 Å². The van der Waals surface area contributed by atoms with E-state index in [1.165, 1.54) is 0 Å². The van der Waals surface area contributed by atoms with E-state index in [0.717, 1.165) is 25.5 Å². The van der Waals surface area contributed by atoms with Crippen LogP contribution < -0.4 is 9.64 Å². The summed E-state index contributed by atoms with van der Waals surface area (Å²) in [5.74, 6) is 2.42. The summed E-state index contributed by atoms with van der Waals surface area (Å²) < 4.78 is 11.8. The van der Waals surface area contributed by atoms with Gasteiger partial charge in [-0.15, -0.1) is 0 Å². The van der Waals surface area contributed by atoms with Crippen molar-refractivity contribution in [2.45, 2.75) is 6.10 Å². The summed E-state index contributed by atoms with van der Waals surface area (Å²) in [5, 5.41) is 0.581. The van der Waals surface area contributed by atoms with E-state index < -0.39 is 0 Å². The van der Waals surface area contributed by atoms with Gasteiger partial charge in [0.15, 0.2) is 0 Å². The molecule has 0 unspecified atom stereocenters. The molecule has 0 bridgehead atoms. The summed E-state index contributed by atoms with van der Waals surface area (Å²) in [6.07, 6.45) is 8.72. The topological polar surface area (TPSA) is 60.4 Å². The number of pyridine rings is 1. The van der Waals surface area contributed by atoms with E-state index in [4.69, 9.17) is 21.1 Å². The Balaban J connectivity index is 1.38. The summed E-state index contributed by atoms with van der Waals surface area (Å²) in [6, 6.07) is 1.78. The average Bonchev–Trinajstić information content (AvgIpc) is 3.15. The van der Waals surface area contributed by atoms with E-state index in [0.29, 0.717) is 29.2 Å². The van der Waals surface area contributed by atoms with Crippen molar-refractivity contribution in [3.8, 4) is 5.75 Å². The van der Waals surface area contributed by atoms with Gasteiger partial charge < -0.3 is 14.4 Å². The van der Waals surface area contributed by atoms with Gasteiger partial charge in [0, 0.05) is 49.6 Å². The minimum atomic E-state index is 0.239. The zero-order valence-corrected chi connectivity index (χ0v) is 13.3. The maximum absolute atomic E-state index is 5.94. The molecule has 2 aliphatic heterocycles. The first-order valence-electron chi connectivity index (χ1n) is 7.65. The molecule has 2 aromatic heterocycles. The Morgan fingerprint density at radius 2 is 2.17 bits per heavy atom. The van der Waals surface area contributed by atoms with Crippen LogP contribution >= 0.6 is 11.6 Å². The third-order valence-electron chi connectivity index (χ3n) is 4.46. The molecule has 23 heavy (non-hydrogen) atoms. The molecule has 120 valence electrons. The van der Waals surface area contributed by atoms with Gasteiger partial charge in [0.05, 0.1) is 36.7 Å². The Labute approximate surface area is 139 Å². The van der Waals surface area contributed by atoms with Gasteiger partial charge in [-0.05, 0) is 0 Å². The molecule has 0 radical (unpaired) electrons. The normalized spacial score (nSPS) is 26.3. The van der Waals surface area contributed by atoms with Crippen molar-refractivity contribution in [3.05, 3.63) is 42.1 Å². The molecule has 0 aliphatic carbocycles. The number of rotatable bonds is 4. The van der Waals surface area contributed by atoms with Gasteiger partial charge in [-0.2, -0.15) is 0 Å². The zero-order valence-electron chi connectivity index (χ0n) is 12.5. The highest BCUT2D eigenvalue weighted by Gasteiger charge is 2.44. The summed E-state index contributed by atoms with van der Waals surface area (Å²) in [7, 11) is 0. The Morgan fingerprint density at radius 3 is 3.00 bits per heavy atom. The zero-order chi connectivity index (χ0) is 15.6. The smallest absolute Gasteiger partial charge is 0.147 e. The molecule has 0 amide bonds. The predicted molar refractivity (Wildman–Crippen MR) is 85.7 cm³/mol. The van der Waals surface area contributed by atoms with Gasteiger partial charge >= 0.3 is 0 Å². The van der Waals surface area contributed by atoms with Gasteiger partial charge in [0.2, 0.25) is 0 Å². The lowest BCUT2D eigenvalue weighted by Gasteiger charge is -2.20. The van der Waals surface area contributed by atoms with Crippen LogP contribution in [-0.2, 0) is 4.74 Å². The Kier molecular flexibility index (Phi) is 4.01. The van der Waals surface area contributed by atoms with Crippen molar-refractivity contribution in [2.75, 3.05) is 31.2 Å². The van der Waals surface area contributed by atoms with Crippen LogP contribution in [0.3, 0.4) is 0 Å². The van der Waals surface area contributed by atoms with Crippen LogP contribution in [0, 0.1) is 11.8 Å². The van der Waals surface area contributed by atoms with Crippen molar-refractivity contribution in [1.82, 2.24) is 15.0 Å². The minimum Gasteiger partial charge on any atom is -0.492 e. The molecule has 0 aromatic carbocycles. The van der Waals surface area contributed by atoms with Crippen molar-refractivity contribution in [2.24, 2.45) is 11.8 Å². The number of anilines is 1. The fourth-order valence-corrected chi connectivity index (χ4v) is 3.45. The first-order valence-corrected chi connectivity index (χ1v) is 8.03. The second kappa shape index (κ2) is 6.29. The van der Waals surface area contributed by atoms with Gasteiger partial charge in [0.25, 0.3) is 0 Å². The van der Waals surface area contributed by atoms with E-state index in [-0.39, 0.29) is 6.10 Å². The Hall–Kier alpha value is -1.92. The van der Waals surface area contributed by atoms with Crippen LogP contribution in [0.25, 0.3) is 0 Å². The van der Waals surface area contributed by atoms with E-state index >= 15 is 0 Å². The number of halogens is 1. The first-order chi connectivity index (χ1) is 11.3. The largest absolute Gasteiger partial charge is 0.492 e. The van der Waals surface area contributed by atoms with Crippen LogP contribution in [0.4, 0.5) is 5.82 Å². The molecule has 3 atom stereocenters. The number of hydrogen-bond donors (Lipinski definition) is 0. The highest BCUT2D eigenvalue weighted by molar-refractivity contribution is 6.30. The second-order valence-electron chi connectivity index (χ2n) is 5.91. The lowest BCUT2D eigenvalue weighted by molar-refractivity contribution is 0.108. The first kappa shape index (κ1) is 14.7. The van der Waals surface area contributed by atoms with E-state index in [9.17, 15) is 0 Å². The predicted octanol–water partition coefficient (Wildman–Crippen LogP) is 2.06. The maximum atomic E-state index is 5.94. The standard InChI is InChI=1S/C16H17ClN4O2/c17-12-3-13(5-19-4-12)22-9-11-10-23-15-8-21(7-14(11)15)16-6-18-1-2-20-16/h1-6,11,14-15H,7-10H2/t11-,14-,15-/m1/s1. The molecule has 0 N–H and O–H groups in total. The van der Waals surface area contributed by atoms with Crippen LogP contribution in [0.5, 0.6) is 5.75 Å². The van der Waals surface area contributed by atoms with E-state index in [2.05, 4.69) is 19.9 Å². The Morgan fingerprint density at radius 1 is 1.22 bits per heavy atom. The summed E-state index contributed by atoms with van der Waals surface area (Å²) >= 11 is 5.93.